The van der Waals surface area contributed by atoms with E-state index < -0.39 is 6.29 Å². The van der Waals surface area contributed by atoms with Crippen LogP contribution in [-0.2, 0) is 4.74 Å². The molecule has 0 aromatic heterocycles. The Labute approximate surface area is 75.9 Å². The maximum atomic E-state index is 9.58. The first-order valence-corrected chi connectivity index (χ1v) is 4.84. The molecule has 0 aliphatic heterocycles. The third-order valence-corrected chi connectivity index (χ3v) is 2.35. The zero-order valence-electron chi connectivity index (χ0n) is 8.76. The average Bonchev–Trinajstić information content (AvgIpc) is 2.05. The predicted molar refractivity (Wildman–Crippen MR) is 50.9 cm³/mol. The van der Waals surface area contributed by atoms with Crippen molar-refractivity contribution in [2.75, 3.05) is 6.61 Å². The van der Waals surface area contributed by atoms with Gasteiger partial charge in [-0.05, 0) is 12.8 Å². The Hall–Kier alpha value is -0.0800. The van der Waals surface area contributed by atoms with E-state index in [0.717, 1.165) is 19.3 Å². The van der Waals surface area contributed by atoms with Crippen LogP contribution in [0.15, 0.2) is 0 Å². The van der Waals surface area contributed by atoms with E-state index in [2.05, 4.69) is 13.8 Å². The number of unbranched alkanes of at least 4 members (excludes halogenated alkanes) is 1. The SMILES string of the molecule is CCCCOC(O)C(C)(C)CC. The van der Waals surface area contributed by atoms with E-state index in [1.54, 1.807) is 0 Å². The molecule has 0 saturated carbocycles. The van der Waals surface area contributed by atoms with Gasteiger partial charge in [-0.1, -0.05) is 34.1 Å². The monoisotopic (exact) mass is 174 g/mol. The predicted octanol–water partition coefficient (Wildman–Crippen LogP) is 2.56. The van der Waals surface area contributed by atoms with Gasteiger partial charge >= 0.3 is 0 Å². The Morgan fingerprint density at radius 3 is 2.33 bits per heavy atom. The molecule has 12 heavy (non-hydrogen) atoms. The third-order valence-electron chi connectivity index (χ3n) is 2.35. The highest BCUT2D eigenvalue weighted by Gasteiger charge is 2.25. The van der Waals surface area contributed by atoms with Crippen molar-refractivity contribution in [3.63, 3.8) is 0 Å². The Balaban J connectivity index is 3.63. The van der Waals surface area contributed by atoms with E-state index in [0.29, 0.717) is 6.61 Å². The van der Waals surface area contributed by atoms with Crippen molar-refractivity contribution in [2.24, 2.45) is 5.41 Å². The Morgan fingerprint density at radius 1 is 1.33 bits per heavy atom. The number of aliphatic hydroxyl groups is 1. The molecule has 0 aromatic rings. The minimum atomic E-state index is -0.617. The fraction of sp³-hybridized carbons (Fsp3) is 1.00. The summed E-state index contributed by atoms with van der Waals surface area (Å²) in [5, 5.41) is 9.58. The van der Waals surface area contributed by atoms with Crippen molar-refractivity contribution in [3.8, 4) is 0 Å². The van der Waals surface area contributed by atoms with Gasteiger partial charge in [-0.3, -0.25) is 0 Å². The molecule has 74 valence electrons. The molecular weight excluding hydrogens is 152 g/mol. The van der Waals surface area contributed by atoms with Crippen LogP contribution in [0.3, 0.4) is 0 Å². The van der Waals surface area contributed by atoms with Crippen molar-refractivity contribution in [3.05, 3.63) is 0 Å². The van der Waals surface area contributed by atoms with Gasteiger partial charge in [-0.2, -0.15) is 0 Å². The molecule has 0 aromatic carbocycles. The molecule has 0 amide bonds. The molecule has 2 heteroatoms. The summed E-state index contributed by atoms with van der Waals surface area (Å²) in [6.07, 6.45) is 2.45. The molecule has 1 unspecified atom stereocenters. The quantitative estimate of drug-likeness (QED) is 0.495. The van der Waals surface area contributed by atoms with E-state index in [1.807, 2.05) is 13.8 Å². The second-order valence-electron chi connectivity index (χ2n) is 3.92. The van der Waals surface area contributed by atoms with Crippen LogP contribution < -0.4 is 0 Å². The van der Waals surface area contributed by atoms with Gasteiger partial charge in [-0.25, -0.2) is 0 Å². The number of ether oxygens (including phenoxy) is 1. The second-order valence-corrected chi connectivity index (χ2v) is 3.92. The van der Waals surface area contributed by atoms with Crippen LogP contribution in [0.1, 0.15) is 47.0 Å². The molecule has 0 radical (unpaired) electrons. The van der Waals surface area contributed by atoms with E-state index in [1.165, 1.54) is 0 Å². The Kier molecular flexibility index (Phi) is 5.51. The molecule has 0 aliphatic carbocycles. The van der Waals surface area contributed by atoms with Gasteiger partial charge < -0.3 is 9.84 Å². The first-order chi connectivity index (χ1) is 5.54. The van der Waals surface area contributed by atoms with Gasteiger partial charge in [0.2, 0.25) is 0 Å². The van der Waals surface area contributed by atoms with Crippen molar-refractivity contribution in [1.82, 2.24) is 0 Å². The van der Waals surface area contributed by atoms with Gasteiger partial charge in [0.25, 0.3) is 0 Å². The summed E-state index contributed by atoms with van der Waals surface area (Å²) in [6.45, 7) is 8.88. The lowest BCUT2D eigenvalue weighted by atomic mass is 9.89. The van der Waals surface area contributed by atoms with Crippen molar-refractivity contribution in [1.29, 1.82) is 0 Å². The van der Waals surface area contributed by atoms with E-state index in [-0.39, 0.29) is 5.41 Å². The maximum absolute atomic E-state index is 9.58. The summed E-state index contributed by atoms with van der Waals surface area (Å²) < 4.78 is 5.29. The number of rotatable bonds is 6. The first kappa shape index (κ1) is 11.9. The maximum Gasteiger partial charge on any atom is 0.159 e. The number of hydrogen-bond acceptors (Lipinski definition) is 2. The first-order valence-electron chi connectivity index (χ1n) is 4.84. The zero-order chi connectivity index (χ0) is 9.61. The van der Waals surface area contributed by atoms with Crippen LogP contribution in [-0.4, -0.2) is 18.0 Å². The second kappa shape index (κ2) is 5.55. The largest absolute Gasteiger partial charge is 0.368 e. The van der Waals surface area contributed by atoms with Crippen LogP contribution in [0.25, 0.3) is 0 Å². The van der Waals surface area contributed by atoms with Gasteiger partial charge in [-0.15, -0.1) is 0 Å². The molecule has 0 rings (SSSR count). The highest BCUT2D eigenvalue weighted by molar-refractivity contribution is 4.69. The summed E-state index contributed by atoms with van der Waals surface area (Å²) in [7, 11) is 0. The molecular formula is C10H22O2. The molecule has 2 nitrogen and oxygen atoms in total. The van der Waals surface area contributed by atoms with E-state index >= 15 is 0 Å². The third kappa shape index (κ3) is 4.07. The molecule has 0 saturated heterocycles. The molecule has 1 N–H and O–H groups in total. The normalized spacial score (nSPS) is 14.8. The topological polar surface area (TPSA) is 29.5 Å². The molecule has 0 fully saturated rings. The highest BCUT2D eigenvalue weighted by Crippen LogP contribution is 2.25. The lowest BCUT2D eigenvalue weighted by molar-refractivity contribution is -0.165. The zero-order valence-corrected chi connectivity index (χ0v) is 8.76. The lowest BCUT2D eigenvalue weighted by Gasteiger charge is -2.28. The summed E-state index contributed by atoms with van der Waals surface area (Å²) in [5.41, 5.74) is -0.117. The van der Waals surface area contributed by atoms with Gasteiger partial charge in [0.15, 0.2) is 6.29 Å². The number of aliphatic hydroxyl groups excluding tert-OH is 1. The number of hydrogen-bond donors (Lipinski definition) is 1. The molecule has 0 bridgehead atoms. The molecule has 0 heterocycles. The Bertz CT molecular complexity index is 110. The molecule has 0 aliphatic rings. The average molecular weight is 174 g/mol. The van der Waals surface area contributed by atoms with Gasteiger partial charge in [0.1, 0.15) is 0 Å². The van der Waals surface area contributed by atoms with Gasteiger partial charge in [0.05, 0.1) is 0 Å². The van der Waals surface area contributed by atoms with E-state index in [4.69, 9.17) is 4.74 Å². The van der Waals surface area contributed by atoms with Crippen LogP contribution in [0, 0.1) is 5.41 Å². The lowest BCUT2D eigenvalue weighted by Crippen LogP contribution is -2.31. The van der Waals surface area contributed by atoms with Gasteiger partial charge in [0, 0.05) is 12.0 Å². The summed E-state index contributed by atoms with van der Waals surface area (Å²) in [4.78, 5) is 0. The van der Waals surface area contributed by atoms with Crippen LogP contribution in [0.4, 0.5) is 0 Å². The van der Waals surface area contributed by atoms with Crippen molar-refractivity contribution < 1.29 is 9.84 Å². The van der Waals surface area contributed by atoms with Crippen LogP contribution >= 0.6 is 0 Å². The highest BCUT2D eigenvalue weighted by atomic mass is 16.6. The summed E-state index contributed by atoms with van der Waals surface area (Å²) in [6, 6.07) is 0. The smallest absolute Gasteiger partial charge is 0.159 e. The van der Waals surface area contributed by atoms with Crippen molar-refractivity contribution >= 4 is 0 Å². The fourth-order valence-electron chi connectivity index (χ4n) is 0.740. The fourth-order valence-corrected chi connectivity index (χ4v) is 0.740. The summed E-state index contributed by atoms with van der Waals surface area (Å²) >= 11 is 0. The van der Waals surface area contributed by atoms with Crippen molar-refractivity contribution in [2.45, 2.75) is 53.2 Å². The minimum Gasteiger partial charge on any atom is -0.368 e. The van der Waals surface area contributed by atoms with Crippen LogP contribution in [0.5, 0.6) is 0 Å². The van der Waals surface area contributed by atoms with Crippen LogP contribution in [0.2, 0.25) is 0 Å². The Morgan fingerprint density at radius 2 is 1.92 bits per heavy atom. The summed E-state index contributed by atoms with van der Waals surface area (Å²) in [5.74, 6) is 0. The molecule has 0 spiro atoms. The molecule has 1 atom stereocenters. The van der Waals surface area contributed by atoms with E-state index in [9.17, 15) is 5.11 Å². The standard InChI is InChI=1S/C10H22O2/c1-5-7-8-12-9(11)10(3,4)6-2/h9,11H,5-8H2,1-4H3. The minimum absolute atomic E-state index is 0.117.